The van der Waals surface area contributed by atoms with Gasteiger partial charge in [-0.2, -0.15) is 10.1 Å². The monoisotopic (exact) mass is 336 g/mol. The van der Waals surface area contributed by atoms with E-state index in [2.05, 4.69) is 31.0 Å². The Bertz CT molecular complexity index is 807. The van der Waals surface area contributed by atoms with Gasteiger partial charge in [0, 0.05) is 11.1 Å². The number of halogens is 2. The van der Waals surface area contributed by atoms with E-state index in [0.717, 1.165) is 0 Å². The van der Waals surface area contributed by atoms with Crippen molar-refractivity contribution < 1.29 is 4.52 Å². The van der Waals surface area contributed by atoms with Crippen LogP contribution in [0.3, 0.4) is 0 Å². The van der Waals surface area contributed by atoms with Gasteiger partial charge in [-0.3, -0.25) is 0 Å². The van der Waals surface area contributed by atoms with Gasteiger partial charge in [-0.15, -0.1) is 5.10 Å². The molecule has 0 unspecified atom stereocenters. The van der Waals surface area contributed by atoms with Gasteiger partial charge in [-0.05, 0) is 25.1 Å². The molecule has 0 aliphatic heterocycles. The molecule has 0 fully saturated rings. The normalized spacial score (nSPS) is 10.5. The van der Waals surface area contributed by atoms with Crippen LogP contribution in [0.25, 0.3) is 0 Å². The molecule has 0 bridgehead atoms. The number of hydrogen-bond donors (Lipinski definition) is 2. The van der Waals surface area contributed by atoms with Crippen molar-refractivity contribution >= 4 is 46.5 Å². The van der Waals surface area contributed by atoms with Crippen molar-refractivity contribution in [1.82, 2.24) is 20.3 Å². The molecule has 0 saturated carbocycles. The molecule has 2 N–H and O–H groups in total. The second kappa shape index (κ2) is 6.17. The molecule has 22 heavy (non-hydrogen) atoms. The van der Waals surface area contributed by atoms with E-state index in [0.29, 0.717) is 33.1 Å². The Hall–Kier alpha value is -2.38. The highest BCUT2D eigenvalue weighted by Gasteiger charge is 2.07. The van der Waals surface area contributed by atoms with Crippen molar-refractivity contribution in [2.75, 3.05) is 10.6 Å². The van der Waals surface area contributed by atoms with E-state index in [4.69, 9.17) is 27.7 Å². The first kappa shape index (κ1) is 14.6. The molecular weight excluding hydrogens is 327 g/mol. The quantitative estimate of drug-likeness (QED) is 0.745. The SMILES string of the molecule is Cc1cc(Nc2nncc(Nc3ccc(Cl)cc3Cl)n2)no1. The number of hydrogen-bond acceptors (Lipinski definition) is 7. The predicted octanol–water partition coefficient (Wildman–Crippen LogP) is 3.96. The highest BCUT2D eigenvalue weighted by Crippen LogP contribution is 2.27. The summed E-state index contributed by atoms with van der Waals surface area (Å²) in [6, 6.07) is 6.83. The Balaban J connectivity index is 1.78. The Morgan fingerprint density at radius 1 is 1.09 bits per heavy atom. The van der Waals surface area contributed by atoms with Crippen molar-refractivity contribution in [3.05, 3.63) is 46.3 Å². The average molecular weight is 337 g/mol. The van der Waals surface area contributed by atoms with Gasteiger partial charge < -0.3 is 15.2 Å². The van der Waals surface area contributed by atoms with E-state index in [1.165, 1.54) is 6.20 Å². The van der Waals surface area contributed by atoms with Crippen LogP contribution in [0.1, 0.15) is 5.76 Å². The third kappa shape index (κ3) is 3.44. The molecule has 3 rings (SSSR count). The number of benzene rings is 1. The van der Waals surface area contributed by atoms with Gasteiger partial charge in [0.1, 0.15) is 5.76 Å². The summed E-state index contributed by atoms with van der Waals surface area (Å²) in [4.78, 5) is 4.27. The standard InChI is InChI=1S/C13H10Cl2N6O/c1-7-4-11(21-22-7)18-13-19-12(6-16-20-13)17-10-3-2-8(14)5-9(10)15/h2-6H,1H3,(H2,17,18,19,20,21). The fourth-order valence-electron chi connectivity index (χ4n) is 1.69. The van der Waals surface area contributed by atoms with Gasteiger partial charge in [0.15, 0.2) is 11.6 Å². The first-order valence-electron chi connectivity index (χ1n) is 6.22. The molecule has 2 heterocycles. The Morgan fingerprint density at radius 2 is 1.95 bits per heavy atom. The second-order valence-corrected chi connectivity index (χ2v) is 5.21. The molecule has 7 nitrogen and oxygen atoms in total. The average Bonchev–Trinajstić information content (AvgIpc) is 2.88. The van der Waals surface area contributed by atoms with Crippen LogP contribution in [-0.4, -0.2) is 20.3 Å². The summed E-state index contributed by atoms with van der Waals surface area (Å²) in [5.41, 5.74) is 0.662. The van der Waals surface area contributed by atoms with Gasteiger partial charge in [-0.1, -0.05) is 28.4 Å². The second-order valence-electron chi connectivity index (χ2n) is 4.36. The lowest BCUT2D eigenvalue weighted by atomic mass is 10.3. The van der Waals surface area contributed by atoms with E-state index in [1.54, 1.807) is 31.2 Å². The van der Waals surface area contributed by atoms with Crippen molar-refractivity contribution in [1.29, 1.82) is 0 Å². The van der Waals surface area contributed by atoms with Gasteiger partial charge >= 0.3 is 0 Å². The van der Waals surface area contributed by atoms with Gasteiger partial charge in [-0.25, -0.2) is 0 Å². The van der Waals surface area contributed by atoms with Gasteiger partial charge in [0.25, 0.3) is 0 Å². The fraction of sp³-hybridized carbons (Fsp3) is 0.0769. The molecule has 2 aromatic heterocycles. The van der Waals surface area contributed by atoms with Crippen LogP contribution in [0.2, 0.25) is 10.0 Å². The molecule has 0 aliphatic carbocycles. The van der Waals surface area contributed by atoms with E-state index >= 15 is 0 Å². The predicted molar refractivity (Wildman–Crippen MR) is 84.1 cm³/mol. The lowest BCUT2D eigenvalue weighted by Gasteiger charge is -2.08. The van der Waals surface area contributed by atoms with Crippen LogP contribution < -0.4 is 10.6 Å². The van der Waals surface area contributed by atoms with Gasteiger partial charge in [0.2, 0.25) is 5.95 Å². The molecule has 3 aromatic rings. The van der Waals surface area contributed by atoms with Crippen LogP contribution in [0.15, 0.2) is 35.0 Å². The number of nitrogens with one attached hydrogen (secondary N) is 2. The molecule has 112 valence electrons. The van der Waals surface area contributed by atoms with Crippen molar-refractivity contribution in [3.63, 3.8) is 0 Å². The smallest absolute Gasteiger partial charge is 0.250 e. The zero-order valence-corrected chi connectivity index (χ0v) is 12.9. The van der Waals surface area contributed by atoms with Crippen LogP contribution in [0.5, 0.6) is 0 Å². The molecule has 9 heteroatoms. The third-order valence-electron chi connectivity index (χ3n) is 2.62. The molecular formula is C13H10Cl2N6O. The highest BCUT2D eigenvalue weighted by molar-refractivity contribution is 6.36. The lowest BCUT2D eigenvalue weighted by Crippen LogP contribution is -2.02. The molecule has 0 aliphatic rings. The van der Waals surface area contributed by atoms with Crippen molar-refractivity contribution in [3.8, 4) is 0 Å². The lowest BCUT2D eigenvalue weighted by molar-refractivity contribution is 0.400. The van der Waals surface area contributed by atoms with E-state index in [-0.39, 0.29) is 5.95 Å². The van der Waals surface area contributed by atoms with Crippen molar-refractivity contribution in [2.24, 2.45) is 0 Å². The fourth-order valence-corrected chi connectivity index (χ4v) is 2.14. The van der Waals surface area contributed by atoms with Crippen LogP contribution in [-0.2, 0) is 0 Å². The summed E-state index contributed by atoms with van der Waals surface area (Å²) in [5, 5.41) is 18.5. The number of aromatic nitrogens is 4. The topological polar surface area (TPSA) is 88.8 Å². The molecule has 0 amide bonds. The number of anilines is 4. The zero-order valence-electron chi connectivity index (χ0n) is 11.3. The summed E-state index contributed by atoms with van der Waals surface area (Å²) in [6.07, 6.45) is 1.48. The molecule has 0 saturated heterocycles. The van der Waals surface area contributed by atoms with Crippen LogP contribution in [0, 0.1) is 6.92 Å². The number of aryl methyl sites for hydroxylation is 1. The minimum Gasteiger partial charge on any atom is -0.360 e. The maximum Gasteiger partial charge on any atom is 0.250 e. The molecule has 1 aromatic carbocycles. The van der Waals surface area contributed by atoms with E-state index < -0.39 is 0 Å². The minimum absolute atomic E-state index is 0.281. The molecule has 0 spiro atoms. The minimum atomic E-state index is 0.281. The molecule has 0 radical (unpaired) electrons. The number of rotatable bonds is 4. The summed E-state index contributed by atoms with van der Waals surface area (Å²) in [6.45, 7) is 1.79. The maximum absolute atomic E-state index is 6.10. The van der Waals surface area contributed by atoms with E-state index in [1.807, 2.05) is 0 Å². The maximum atomic E-state index is 6.10. The summed E-state index contributed by atoms with van der Waals surface area (Å²) < 4.78 is 4.96. The summed E-state index contributed by atoms with van der Waals surface area (Å²) in [5.74, 6) is 1.93. The molecule has 0 atom stereocenters. The van der Waals surface area contributed by atoms with Crippen LogP contribution in [0.4, 0.5) is 23.3 Å². The first-order chi connectivity index (χ1) is 10.6. The first-order valence-corrected chi connectivity index (χ1v) is 6.98. The van der Waals surface area contributed by atoms with Gasteiger partial charge in [0.05, 0.1) is 16.9 Å². The summed E-state index contributed by atoms with van der Waals surface area (Å²) >= 11 is 12.0. The zero-order chi connectivity index (χ0) is 15.5. The highest BCUT2D eigenvalue weighted by atomic mass is 35.5. The Labute approximate surface area is 135 Å². The third-order valence-corrected chi connectivity index (χ3v) is 3.17. The van der Waals surface area contributed by atoms with Crippen LogP contribution >= 0.6 is 23.2 Å². The van der Waals surface area contributed by atoms with Crippen molar-refractivity contribution in [2.45, 2.75) is 6.92 Å². The summed E-state index contributed by atoms with van der Waals surface area (Å²) in [7, 11) is 0. The van der Waals surface area contributed by atoms with E-state index in [9.17, 15) is 0 Å². The Morgan fingerprint density at radius 3 is 2.68 bits per heavy atom. The largest absolute Gasteiger partial charge is 0.360 e. The number of nitrogens with zero attached hydrogens (tertiary/aromatic N) is 4. The Kier molecular flexibility index (Phi) is 4.08.